The van der Waals surface area contributed by atoms with Gasteiger partial charge in [0.05, 0.1) is 23.3 Å². The number of rotatable bonds is 9. The standard InChI is InChI=1S/C31H41FN6O3/c1-5-41-31(3)11-6-7-26(32)25(31)18-38-16-22(29(39)35-4)14-23(17-38)37-30(40)21-8-9-27(33)24(15-21)28(34)20-10-12-36-19(2)13-20/h6-10,12,15,19,22-23,34H,5,11,13-14,16-18,33H2,1-4H3,(H,35,39)(H,37,40). The van der Waals surface area contributed by atoms with E-state index in [9.17, 15) is 9.59 Å². The number of dihydropyridines is 1. The van der Waals surface area contributed by atoms with Crippen LogP contribution in [0, 0.1) is 11.3 Å². The molecule has 220 valence electrons. The number of anilines is 1. The van der Waals surface area contributed by atoms with Crippen LogP contribution in [0.5, 0.6) is 0 Å². The summed E-state index contributed by atoms with van der Waals surface area (Å²) in [5.74, 6) is -1.14. The molecule has 0 saturated carbocycles. The monoisotopic (exact) mass is 564 g/mol. The van der Waals surface area contributed by atoms with E-state index in [0.717, 1.165) is 5.57 Å². The van der Waals surface area contributed by atoms with E-state index in [1.54, 1.807) is 43.6 Å². The van der Waals surface area contributed by atoms with E-state index in [4.69, 9.17) is 15.9 Å². The molecule has 2 amide bonds. The van der Waals surface area contributed by atoms with Crippen molar-refractivity contribution in [2.24, 2.45) is 10.9 Å². The molecule has 4 atom stereocenters. The number of benzene rings is 1. The van der Waals surface area contributed by atoms with Gasteiger partial charge in [-0.1, -0.05) is 6.08 Å². The number of hydrogen-bond donors (Lipinski definition) is 4. The van der Waals surface area contributed by atoms with Crippen LogP contribution in [-0.2, 0) is 9.53 Å². The largest absolute Gasteiger partial charge is 0.398 e. The first-order chi connectivity index (χ1) is 19.5. The van der Waals surface area contributed by atoms with Gasteiger partial charge in [-0.2, -0.15) is 0 Å². The van der Waals surface area contributed by atoms with Gasteiger partial charge in [-0.3, -0.25) is 24.9 Å². The minimum absolute atomic E-state index is 0.0749. The molecule has 2 heterocycles. The molecule has 5 N–H and O–H groups in total. The summed E-state index contributed by atoms with van der Waals surface area (Å²) in [6.07, 6.45) is 8.40. The number of nitrogens with one attached hydrogen (secondary N) is 3. The third-order valence-corrected chi connectivity index (χ3v) is 8.06. The lowest BCUT2D eigenvalue weighted by atomic mass is 9.85. The van der Waals surface area contributed by atoms with Gasteiger partial charge in [-0.05, 0) is 76.0 Å². The SMILES string of the molecule is CCOC1(C)CC=CC(F)=C1CN1CC(NC(=O)c2ccc(N)c(C(=N)C3=CC=NC(C)C3)c2)CC(C(=O)NC)C1. The molecule has 0 aromatic heterocycles. The summed E-state index contributed by atoms with van der Waals surface area (Å²) in [7, 11) is 1.59. The molecule has 1 aromatic rings. The zero-order valence-corrected chi connectivity index (χ0v) is 24.3. The molecule has 0 bridgehead atoms. The van der Waals surface area contributed by atoms with Crippen LogP contribution < -0.4 is 16.4 Å². The van der Waals surface area contributed by atoms with Crippen molar-refractivity contribution < 1.29 is 18.7 Å². The molecule has 3 aliphatic rings. The highest BCUT2D eigenvalue weighted by Gasteiger charge is 2.38. The normalized spacial score (nSPS) is 26.5. The Morgan fingerprint density at radius 1 is 1.32 bits per heavy atom. The number of carbonyl (C=O) groups excluding carboxylic acids is 2. The van der Waals surface area contributed by atoms with Crippen LogP contribution in [0.15, 0.2) is 58.4 Å². The number of likely N-dealkylation sites (tertiary alicyclic amines) is 1. The van der Waals surface area contributed by atoms with Gasteiger partial charge < -0.3 is 21.1 Å². The van der Waals surface area contributed by atoms with Crippen LogP contribution in [0.1, 0.15) is 56.0 Å². The van der Waals surface area contributed by atoms with E-state index in [0.29, 0.717) is 61.3 Å². The maximum absolute atomic E-state index is 15.1. The second-order valence-corrected chi connectivity index (χ2v) is 11.2. The molecule has 4 rings (SSSR count). The summed E-state index contributed by atoms with van der Waals surface area (Å²) in [6.45, 7) is 7.38. The molecular formula is C31H41FN6O3. The van der Waals surface area contributed by atoms with Gasteiger partial charge in [0.15, 0.2) is 0 Å². The van der Waals surface area contributed by atoms with Gasteiger partial charge in [0.2, 0.25) is 5.91 Å². The highest BCUT2D eigenvalue weighted by Crippen LogP contribution is 2.35. The van der Waals surface area contributed by atoms with Gasteiger partial charge in [0.25, 0.3) is 5.91 Å². The average molecular weight is 565 g/mol. The first kappa shape index (κ1) is 30.3. The number of nitrogens with two attached hydrogens (primary N) is 1. The Hall–Kier alpha value is -3.63. The number of carbonyl (C=O) groups is 2. The zero-order valence-electron chi connectivity index (χ0n) is 24.3. The molecule has 0 spiro atoms. The number of aliphatic imine (C=N–C) groups is 1. The highest BCUT2D eigenvalue weighted by molar-refractivity contribution is 6.16. The molecule has 9 nitrogen and oxygen atoms in total. The van der Waals surface area contributed by atoms with Gasteiger partial charge in [0, 0.05) is 67.9 Å². The van der Waals surface area contributed by atoms with Crippen molar-refractivity contribution in [1.29, 1.82) is 5.41 Å². The number of ether oxygens (including phenoxy) is 1. The second-order valence-electron chi connectivity index (χ2n) is 11.2. The summed E-state index contributed by atoms with van der Waals surface area (Å²) in [5.41, 5.74) is 8.35. The Morgan fingerprint density at radius 3 is 2.80 bits per heavy atom. The minimum Gasteiger partial charge on any atom is -0.398 e. The van der Waals surface area contributed by atoms with Crippen molar-refractivity contribution in [2.45, 2.75) is 57.7 Å². The number of hydrogen-bond acceptors (Lipinski definition) is 7. The van der Waals surface area contributed by atoms with Crippen molar-refractivity contribution in [2.75, 3.05) is 39.0 Å². The van der Waals surface area contributed by atoms with Crippen LogP contribution in [0.4, 0.5) is 10.1 Å². The molecule has 4 unspecified atom stereocenters. The molecule has 1 aromatic carbocycles. The molecule has 41 heavy (non-hydrogen) atoms. The summed E-state index contributed by atoms with van der Waals surface area (Å²) < 4.78 is 21.0. The van der Waals surface area contributed by atoms with Crippen molar-refractivity contribution in [3.05, 3.63) is 64.5 Å². The number of halogens is 1. The van der Waals surface area contributed by atoms with E-state index >= 15 is 4.39 Å². The van der Waals surface area contributed by atoms with Crippen molar-refractivity contribution in [1.82, 2.24) is 15.5 Å². The van der Waals surface area contributed by atoms with Crippen molar-refractivity contribution >= 4 is 29.4 Å². The fourth-order valence-electron chi connectivity index (χ4n) is 5.87. The van der Waals surface area contributed by atoms with Crippen LogP contribution >= 0.6 is 0 Å². The Labute approximate surface area is 241 Å². The summed E-state index contributed by atoms with van der Waals surface area (Å²) in [4.78, 5) is 32.5. The number of amides is 2. The summed E-state index contributed by atoms with van der Waals surface area (Å²) >= 11 is 0. The third-order valence-electron chi connectivity index (χ3n) is 8.06. The fraction of sp³-hybridized carbons (Fsp3) is 0.484. The van der Waals surface area contributed by atoms with Crippen LogP contribution in [0.2, 0.25) is 0 Å². The quantitative estimate of drug-likeness (QED) is 0.269. The predicted octanol–water partition coefficient (Wildman–Crippen LogP) is 3.57. The lowest BCUT2D eigenvalue weighted by Gasteiger charge is -2.41. The molecule has 2 aliphatic heterocycles. The zero-order chi connectivity index (χ0) is 29.7. The van der Waals surface area contributed by atoms with Crippen LogP contribution in [0.3, 0.4) is 0 Å². The molecule has 1 aliphatic carbocycles. The molecular weight excluding hydrogens is 523 g/mol. The second kappa shape index (κ2) is 12.9. The first-order valence-electron chi connectivity index (χ1n) is 14.2. The Bertz CT molecular complexity index is 1320. The van der Waals surface area contributed by atoms with Gasteiger partial charge in [-0.15, -0.1) is 0 Å². The number of allylic oxidation sites excluding steroid dienone is 3. The third kappa shape index (κ3) is 7.00. The average Bonchev–Trinajstić information content (AvgIpc) is 2.94. The molecule has 10 heteroatoms. The Morgan fingerprint density at radius 2 is 2.10 bits per heavy atom. The number of nitrogens with zero attached hydrogens (tertiary/aromatic N) is 2. The molecule has 1 fully saturated rings. The lowest BCUT2D eigenvalue weighted by Crippen LogP contribution is -2.55. The van der Waals surface area contributed by atoms with E-state index in [-0.39, 0.29) is 47.9 Å². The van der Waals surface area contributed by atoms with Gasteiger partial charge in [0.1, 0.15) is 5.83 Å². The van der Waals surface area contributed by atoms with E-state index in [1.807, 2.05) is 25.7 Å². The number of piperidine rings is 1. The minimum atomic E-state index is -0.769. The maximum atomic E-state index is 15.1. The Balaban J connectivity index is 1.53. The van der Waals surface area contributed by atoms with Crippen molar-refractivity contribution in [3.63, 3.8) is 0 Å². The smallest absolute Gasteiger partial charge is 0.251 e. The van der Waals surface area contributed by atoms with Crippen LogP contribution in [-0.4, -0.2) is 79.6 Å². The summed E-state index contributed by atoms with van der Waals surface area (Å²) in [5, 5.41) is 14.5. The predicted molar refractivity (Wildman–Crippen MR) is 160 cm³/mol. The van der Waals surface area contributed by atoms with Crippen molar-refractivity contribution in [3.8, 4) is 0 Å². The highest BCUT2D eigenvalue weighted by atomic mass is 19.1. The van der Waals surface area contributed by atoms with Gasteiger partial charge in [-0.25, -0.2) is 4.39 Å². The van der Waals surface area contributed by atoms with Gasteiger partial charge >= 0.3 is 0 Å². The van der Waals surface area contributed by atoms with E-state index in [1.165, 1.54) is 6.08 Å². The van der Waals surface area contributed by atoms with E-state index in [2.05, 4.69) is 15.6 Å². The molecule has 0 radical (unpaired) electrons. The Kier molecular flexibility index (Phi) is 9.55. The fourth-order valence-corrected chi connectivity index (χ4v) is 5.87. The van der Waals surface area contributed by atoms with Crippen LogP contribution in [0.25, 0.3) is 0 Å². The summed E-state index contributed by atoms with van der Waals surface area (Å²) in [6, 6.07) is 4.65. The number of nitrogen functional groups attached to an aromatic ring is 1. The topological polar surface area (TPSA) is 133 Å². The first-order valence-corrected chi connectivity index (χ1v) is 14.2. The van der Waals surface area contributed by atoms with E-state index < -0.39 is 5.60 Å². The maximum Gasteiger partial charge on any atom is 0.251 e. The molecule has 1 saturated heterocycles. The lowest BCUT2D eigenvalue weighted by molar-refractivity contribution is -0.126.